The van der Waals surface area contributed by atoms with Crippen molar-refractivity contribution < 1.29 is 4.79 Å². The molecule has 0 aromatic carbocycles. The van der Waals surface area contributed by atoms with Gasteiger partial charge in [0.2, 0.25) is 0 Å². The molecule has 0 saturated heterocycles. The molecule has 2 aliphatic rings. The Morgan fingerprint density at radius 3 is 2.76 bits per heavy atom. The van der Waals surface area contributed by atoms with Gasteiger partial charge in [-0.05, 0) is 26.2 Å². The predicted octanol–water partition coefficient (Wildman–Crippen LogP) is 2.57. The Morgan fingerprint density at radius 1 is 1.47 bits per heavy atom. The number of nitrogens with zero attached hydrogens (tertiary/aromatic N) is 2. The summed E-state index contributed by atoms with van der Waals surface area (Å²) in [6.07, 6.45) is 11.1. The van der Waals surface area contributed by atoms with E-state index in [2.05, 4.69) is 16.5 Å². The van der Waals surface area contributed by atoms with Crippen molar-refractivity contribution in [1.29, 1.82) is 0 Å². The summed E-state index contributed by atoms with van der Waals surface area (Å²) >= 11 is 0. The van der Waals surface area contributed by atoms with Gasteiger partial charge in [-0.3, -0.25) is 9.79 Å². The summed E-state index contributed by atoms with van der Waals surface area (Å²) < 4.78 is 0. The van der Waals surface area contributed by atoms with Gasteiger partial charge in [-0.25, -0.2) is 0 Å². The number of rotatable bonds is 4. The molecular formula is C14H22N2O. The van der Waals surface area contributed by atoms with E-state index in [0.29, 0.717) is 6.04 Å². The SMILES string of the molecule is C=CCC1C(C(C)=O)N=CN1C1CCCCC1. The van der Waals surface area contributed by atoms with E-state index < -0.39 is 0 Å². The summed E-state index contributed by atoms with van der Waals surface area (Å²) in [5.74, 6) is 0.173. The molecule has 2 rings (SSSR count). The van der Waals surface area contributed by atoms with Crippen LogP contribution in [0.4, 0.5) is 0 Å². The van der Waals surface area contributed by atoms with E-state index in [1.54, 1.807) is 6.92 Å². The number of hydrogen-bond acceptors (Lipinski definition) is 3. The first kappa shape index (κ1) is 12.3. The van der Waals surface area contributed by atoms with E-state index >= 15 is 0 Å². The van der Waals surface area contributed by atoms with Gasteiger partial charge in [-0.15, -0.1) is 6.58 Å². The summed E-state index contributed by atoms with van der Waals surface area (Å²) in [6.45, 7) is 5.45. The fourth-order valence-corrected chi connectivity index (χ4v) is 3.04. The van der Waals surface area contributed by atoms with Crippen molar-refractivity contribution in [3.05, 3.63) is 12.7 Å². The molecule has 0 spiro atoms. The van der Waals surface area contributed by atoms with E-state index in [4.69, 9.17) is 0 Å². The van der Waals surface area contributed by atoms with Gasteiger partial charge in [0, 0.05) is 6.04 Å². The quantitative estimate of drug-likeness (QED) is 0.700. The smallest absolute Gasteiger partial charge is 0.156 e. The Labute approximate surface area is 104 Å². The van der Waals surface area contributed by atoms with Crippen molar-refractivity contribution in [2.24, 2.45) is 4.99 Å². The molecule has 1 fully saturated rings. The molecule has 1 aliphatic heterocycles. The third-order valence-electron chi connectivity index (χ3n) is 3.93. The molecule has 2 unspecified atom stereocenters. The first-order valence-corrected chi connectivity index (χ1v) is 6.66. The third-order valence-corrected chi connectivity index (χ3v) is 3.93. The average molecular weight is 234 g/mol. The zero-order chi connectivity index (χ0) is 12.3. The molecule has 0 aromatic rings. The second kappa shape index (κ2) is 5.48. The number of carbonyl (C=O) groups excluding carboxylic acids is 1. The molecule has 94 valence electrons. The van der Waals surface area contributed by atoms with Crippen LogP contribution in [0.5, 0.6) is 0 Å². The molecular weight excluding hydrogens is 212 g/mol. The minimum absolute atomic E-state index is 0.171. The van der Waals surface area contributed by atoms with Crippen LogP contribution in [-0.2, 0) is 4.79 Å². The highest BCUT2D eigenvalue weighted by Gasteiger charge is 2.36. The van der Waals surface area contributed by atoms with E-state index in [9.17, 15) is 4.79 Å². The topological polar surface area (TPSA) is 32.7 Å². The van der Waals surface area contributed by atoms with Crippen molar-refractivity contribution in [2.75, 3.05) is 0 Å². The lowest BCUT2D eigenvalue weighted by Gasteiger charge is -2.36. The van der Waals surface area contributed by atoms with Crippen LogP contribution in [0.25, 0.3) is 0 Å². The molecule has 1 aliphatic carbocycles. The normalized spacial score (nSPS) is 29.6. The first-order valence-electron chi connectivity index (χ1n) is 6.66. The van der Waals surface area contributed by atoms with E-state index in [1.165, 1.54) is 32.1 Å². The molecule has 0 N–H and O–H groups in total. The Kier molecular flexibility index (Phi) is 3.97. The number of aliphatic imine (C=N–C) groups is 1. The molecule has 1 heterocycles. The van der Waals surface area contributed by atoms with Crippen LogP contribution in [0.2, 0.25) is 0 Å². The molecule has 2 atom stereocenters. The van der Waals surface area contributed by atoms with E-state index in [-0.39, 0.29) is 17.9 Å². The molecule has 0 bridgehead atoms. The minimum atomic E-state index is -0.171. The lowest BCUT2D eigenvalue weighted by Crippen LogP contribution is -2.45. The lowest BCUT2D eigenvalue weighted by atomic mass is 9.92. The Hall–Kier alpha value is -1.12. The maximum atomic E-state index is 11.6. The molecule has 17 heavy (non-hydrogen) atoms. The average Bonchev–Trinajstić information content (AvgIpc) is 2.75. The fourth-order valence-electron chi connectivity index (χ4n) is 3.04. The van der Waals surface area contributed by atoms with Gasteiger partial charge in [0.25, 0.3) is 0 Å². The fraction of sp³-hybridized carbons (Fsp3) is 0.714. The van der Waals surface area contributed by atoms with E-state index in [1.807, 2.05) is 12.4 Å². The minimum Gasteiger partial charge on any atom is -0.354 e. The summed E-state index contributed by atoms with van der Waals surface area (Å²) in [5, 5.41) is 0. The monoisotopic (exact) mass is 234 g/mol. The largest absolute Gasteiger partial charge is 0.354 e. The van der Waals surface area contributed by atoms with Gasteiger partial charge in [-0.1, -0.05) is 25.3 Å². The zero-order valence-electron chi connectivity index (χ0n) is 10.6. The van der Waals surface area contributed by atoms with Crippen LogP contribution in [0.3, 0.4) is 0 Å². The highest BCUT2D eigenvalue weighted by Crippen LogP contribution is 2.28. The van der Waals surface area contributed by atoms with Crippen LogP contribution < -0.4 is 0 Å². The van der Waals surface area contributed by atoms with Gasteiger partial charge in [0.05, 0.1) is 12.4 Å². The predicted molar refractivity (Wildman–Crippen MR) is 70.3 cm³/mol. The van der Waals surface area contributed by atoms with Gasteiger partial charge in [0.15, 0.2) is 5.78 Å². The summed E-state index contributed by atoms with van der Waals surface area (Å²) in [7, 11) is 0. The molecule has 3 nitrogen and oxygen atoms in total. The Bertz CT molecular complexity index is 318. The van der Waals surface area contributed by atoms with Crippen LogP contribution in [0.15, 0.2) is 17.6 Å². The van der Waals surface area contributed by atoms with Gasteiger partial charge >= 0.3 is 0 Å². The van der Waals surface area contributed by atoms with Gasteiger partial charge < -0.3 is 4.90 Å². The van der Waals surface area contributed by atoms with Crippen LogP contribution in [-0.4, -0.2) is 35.1 Å². The molecule has 1 saturated carbocycles. The highest BCUT2D eigenvalue weighted by molar-refractivity contribution is 5.86. The third kappa shape index (κ3) is 2.59. The maximum Gasteiger partial charge on any atom is 0.156 e. The molecule has 0 aromatic heterocycles. The first-order chi connectivity index (χ1) is 8.24. The van der Waals surface area contributed by atoms with Crippen molar-refractivity contribution in [3.63, 3.8) is 0 Å². The second-order valence-electron chi connectivity index (χ2n) is 5.15. The number of hydrogen-bond donors (Lipinski definition) is 0. The van der Waals surface area contributed by atoms with Crippen molar-refractivity contribution in [1.82, 2.24) is 4.90 Å². The van der Waals surface area contributed by atoms with Crippen LogP contribution in [0.1, 0.15) is 45.4 Å². The van der Waals surface area contributed by atoms with Crippen LogP contribution >= 0.6 is 0 Å². The Morgan fingerprint density at radius 2 is 2.18 bits per heavy atom. The number of carbonyl (C=O) groups is 1. The molecule has 0 amide bonds. The maximum absolute atomic E-state index is 11.6. The Balaban J connectivity index is 2.08. The lowest BCUT2D eigenvalue weighted by molar-refractivity contribution is -0.119. The standard InChI is InChI=1S/C14H22N2O/c1-3-7-13-14(11(2)17)15-10-16(13)12-8-5-4-6-9-12/h3,10,12-14H,1,4-9H2,2H3. The second-order valence-corrected chi connectivity index (χ2v) is 5.15. The van der Waals surface area contributed by atoms with Crippen molar-refractivity contribution in [2.45, 2.75) is 63.6 Å². The van der Waals surface area contributed by atoms with E-state index in [0.717, 1.165) is 6.42 Å². The number of Topliss-reactive ketones (excluding diaryl/α,β-unsaturated/α-hetero) is 1. The molecule has 0 radical (unpaired) electrons. The summed E-state index contributed by atoms with van der Waals surface area (Å²) in [5.41, 5.74) is 0. The summed E-state index contributed by atoms with van der Waals surface area (Å²) in [6, 6.07) is 0.629. The zero-order valence-corrected chi connectivity index (χ0v) is 10.6. The van der Waals surface area contributed by atoms with Gasteiger partial charge in [-0.2, -0.15) is 0 Å². The molecule has 3 heteroatoms. The summed E-state index contributed by atoms with van der Waals surface area (Å²) in [4.78, 5) is 18.3. The highest BCUT2D eigenvalue weighted by atomic mass is 16.1. The van der Waals surface area contributed by atoms with Crippen LogP contribution in [0, 0.1) is 0 Å². The van der Waals surface area contributed by atoms with Gasteiger partial charge in [0.1, 0.15) is 6.04 Å². The van der Waals surface area contributed by atoms with Crippen molar-refractivity contribution in [3.8, 4) is 0 Å². The number of ketones is 1. The van der Waals surface area contributed by atoms with Crippen molar-refractivity contribution >= 4 is 12.1 Å².